The van der Waals surface area contributed by atoms with Crippen LogP contribution in [-0.2, 0) is 11.3 Å². The van der Waals surface area contributed by atoms with E-state index >= 15 is 0 Å². The maximum Gasteiger partial charge on any atom is 0.185 e. The second-order valence-electron chi connectivity index (χ2n) is 5.44. The Bertz CT molecular complexity index is 399. The van der Waals surface area contributed by atoms with Crippen LogP contribution >= 0.6 is 11.3 Å². The molecule has 106 valence electrons. The number of nitrogens with zero attached hydrogens (tertiary/aromatic N) is 2. The summed E-state index contributed by atoms with van der Waals surface area (Å²) in [5.41, 5.74) is 0. The van der Waals surface area contributed by atoms with Crippen molar-refractivity contribution in [3.63, 3.8) is 0 Å². The summed E-state index contributed by atoms with van der Waals surface area (Å²) in [4.78, 5) is 8.27. The van der Waals surface area contributed by atoms with E-state index in [2.05, 4.69) is 22.1 Å². The number of ether oxygens (including phenoxy) is 1. The maximum absolute atomic E-state index is 5.72. The zero-order valence-corrected chi connectivity index (χ0v) is 12.4. The third-order valence-corrected chi connectivity index (χ3v) is 4.84. The zero-order chi connectivity index (χ0) is 13.1. The number of rotatable bonds is 7. The molecule has 1 saturated heterocycles. The summed E-state index contributed by atoms with van der Waals surface area (Å²) in [6.07, 6.45) is 7.50. The van der Waals surface area contributed by atoms with E-state index in [1.807, 2.05) is 17.5 Å². The molecular formula is C14H23N3OS. The average Bonchev–Trinajstić information content (AvgIpc) is 2.92. The van der Waals surface area contributed by atoms with Crippen molar-refractivity contribution in [3.05, 3.63) is 11.1 Å². The minimum atomic E-state index is 0.400. The lowest BCUT2D eigenvalue weighted by atomic mass is 10.2. The summed E-state index contributed by atoms with van der Waals surface area (Å²) in [7, 11) is 0. The van der Waals surface area contributed by atoms with E-state index in [-0.39, 0.29) is 0 Å². The molecule has 3 rings (SSSR count). The number of anilines is 1. The lowest BCUT2D eigenvalue weighted by Gasteiger charge is -2.23. The van der Waals surface area contributed by atoms with Crippen molar-refractivity contribution in [1.82, 2.24) is 10.3 Å². The molecule has 1 aliphatic carbocycles. The van der Waals surface area contributed by atoms with Gasteiger partial charge in [0, 0.05) is 43.4 Å². The van der Waals surface area contributed by atoms with Gasteiger partial charge in [-0.15, -0.1) is 11.3 Å². The molecule has 5 heteroatoms. The molecule has 0 spiro atoms. The van der Waals surface area contributed by atoms with Crippen LogP contribution in [0.25, 0.3) is 0 Å². The number of nitrogens with one attached hydrogen (secondary N) is 1. The van der Waals surface area contributed by atoms with Crippen LogP contribution in [0.1, 0.15) is 37.5 Å². The molecule has 19 heavy (non-hydrogen) atoms. The molecule has 1 atom stereocenters. The van der Waals surface area contributed by atoms with Crippen LogP contribution in [0.15, 0.2) is 6.20 Å². The van der Waals surface area contributed by atoms with E-state index in [4.69, 9.17) is 4.74 Å². The second kappa shape index (κ2) is 6.20. The standard InChI is InChI=1S/C14H23N3OS/c1-2-17(10-12-4-3-7-18-12)14-16-9-13(19-14)8-15-11-5-6-11/h9,11-12,15H,2-8,10H2,1H3. The summed E-state index contributed by atoms with van der Waals surface area (Å²) in [5, 5.41) is 4.69. The van der Waals surface area contributed by atoms with Crippen molar-refractivity contribution in [2.24, 2.45) is 0 Å². The SMILES string of the molecule is CCN(CC1CCCO1)c1ncc(CNC2CC2)s1. The molecular weight excluding hydrogens is 258 g/mol. The van der Waals surface area contributed by atoms with Gasteiger partial charge in [-0.25, -0.2) is 4.98 Å². The summed E-state index contributed by atoms with van der Waals surface area (Å²) in [5.74, 6) is 0. The quantitative estimate of drug-likeness (QED) is 0.833. The Morgan fingerprint density at radius 3 is 3.05 bits per heavy atom. The Labute approximate surface area is 119 Å². The fourth-order valence-electron chi connectivity index (χ4n) is 2.43. The minimum Gasteiger partial charge on any atom is -0.376 e. The van der Waals surface area contributed by atoms with Gasteiger partial charge in [-0.05, 0) is 32.6 Å². The molecule has 1 aliphatic heterocycles. The van der Waals surface area contributed by atoms with Crippen LogP contribution in [0.2, 0.25) is 0 Å². The first-order valence-electron chi connectivity index (χ1n) is 7.40. The van der Waals surface area contributed by atoms with E-state index in [1.165, 1.54) is 30.6 Å². The van der Waals surface area contributed by atoms with Crippen molar-refractivity contribution in [3.8, 4) is 0 Å². The topological polar surface area (TPSA) is 37.4 Å². The van der Waals surface area contributed by atoms with Crippen molar-refractivity contribution < 1.29 is 4.74 Å². The summed E-state index contributed by atoms with van der Waals surface area (Å²) in [6.45, 7) is 6.08. The van der Waals surface area contributed by atoms with Gasteiger partial charge in [0.15, 0.2) is 5.13 Å². The van der Waals surface area contributed by atoms with Crippen LogP contribution < -0.4 is 10.2 Å². The van der Waals surface area contributed by atoms with Crippen molar-refractivity contribution in [2.75, 3.05) is 24.6 Å². The van der Waals surface area contributed by atoms with E-state index in [9.17, 15) is 0 Å². The van der Waals surface area contributed by atoms with Crippen molar-refractivity contribution in [1.29, 1.82) is 0 Å². The van der Waals surface area contributed by atoms with E-state index < -0.39 is 0 Å². The molecule has 1 aromatic heterocycles. The molecule has 0 radical (unpaired) electrons. The third-order valence-electron chi connectivity index (χ3n) is 3.78. The Kier molecular flexibility index (Phi) is 4.35. The van der Waals surface area contributed by atoms with Gasteiger partial charge >= 0.3 is 0 Å². The van der Waals surface area contributed by atoms with Gasteiger partial charge in [-0.2, -0.15) is 0 Å². The number of likely N-dealkylation sites (N-methyl/N-ethyl adjacent to an activating group) is 1. The van der Waals surface area contributed by atoms with Crippen LogP contribution in [0.4, 0.5) is 5.13 Å². The fraction of sp³-hybridized carbons (Fsp3) is 0.786. The Morgan fingerprint density at radius 1 is 1.47 bits per heavy atom. The molecule has 0 bridgehead atoms. The molecule has 2 fully saturated rings. The largest absolute Gasteiger partial charge is 0.376 e. The predicted octanol–water partition coefficient (Wildman–Crippen LogP) is 2.40. The van der Waals surface area contributed by atoms with Crippen molar-refractivity contribution in [2.45, 2.75) is 51.3 Å². The Hall–Kier alpha value is -0.650. The first-order chi connectivity index (χ1) is 9.35. The van der Waals surface area contributed by atoms with Gasteiger partial charge < -0.3 is 15.0 Å². The molecule has 0 amide bonds. The molecule has 2 heterocycles. The Morgan fingerprint density at radius 2 is 2.37 bits per heavy atom. The van der Waals surface area contributed by atoms with E-state index in [0.29, 0.717) is 6.10 Å². The third kappa shape index (κ3) is 3.68. The van der Waals surface area contributed by atoms with Crippen LogP contribution in [-0.4, -0.2) is 36.8 Å². The van der Waals surface area contributed by atoms with E-state index in [0.717, 1.165) is 37.4 Å². The monoisotopic (exact) mass is 281 g/mol. The fourth-order valence-corrected chi connectivity index (χ4v) is 3.37. The lowest BCUT2D eigenvalue weighted by Crippen LogP contribution is -2.31. The molecule has 1 aromatic rings. The van der Waals surface area contributed by atoms with Gasteiger partial charge in [-0.3, -0.25) is 0 Å². The average molecular weight is 281 g/mol. The number of hydrogen-bond donors (Lipinski definition) is 1. The molecule has 2 aliphatic rings. The van der Waals surface area contributed by atoms with Crippen LogP contribution in [0.5, 0.6) is 0 Å². The second-order valence-corrected chi connectivity index (χ2v) is 6.53. The maximum atomic E-state index is 5.72. The molecule has 4 nitrogen and oxygen atoms in total. The van der Waals surface area contributed by atoms with Crippen LogP contribution in [0, 0.1) is 0 Å². The predicted molar refractivity (Wildman–Crippen MR) is 78.8 cm³/mol. The molecule has 0 aromatic carbocycles. The number of thiazole rings is 1. The first kappa shape index (κ1) is 13.3. The molecule has 1 saturated carbocycles. The van der Waals surface area contributed by atoms with Crippen molar-refractivity contribution >= 4 is 16.5 Å². The zero-order valence-electron chi connectivity index (χ0n) is 11.6. The van der Waals surface area contributed by atoms with Gasteiger partial charge in [0.25, 0.3) is 0 Å². The van der Waals surface area contributed by atoms with Gasteiger partial charge in [0.2, 0.25) is 0 Å². The Balaban J connectivity index is 1.55. The smallest absolute Gasteiger partial charge is 0.185 e. The normalized spacial score (nSPS) is 22.9. The van der Waals surface area contributed by atoms with Gasteiger partial charge in [0.1, 0.15) is 0 Å². The lowest BCUT2D eigenvalue weighted by molar-refractivity contribution is 0.115. The highest BCUT2D eigenvalue weighted by atomic mass is 32.1. The highest BCUT2D eigenvalue weighted by Crippen LogP contribution is 2.26. The summed E-state index contributed by atoms with van der Waals surface area (Å²) in [6, 6.07) is 0.764. The molecule has 1 N–H and O–H groups in total. The summed E-state index contributed by atoms with van der Waals surface area (Å²) >= 11 is 1.82. The first-order valence-corrected chi connectivity index (χ1v) is 8.21. The number of aromatic nitrogens is 1. The minimum absolute atomic E-state index is 0.400. The number of hydrogen-bond acceptors (Lipinski definition) is 5. The highest BCUT2D eigenvalue weighted by molar-refractivity contribution is 7.15. The van der Waals surface area contributed by atoms with Gasteiger partial charge in [0.05, 0.1) is 6.10 Å². The summed E-state index contributed by atoms with van der Waals surface area (Å²) < 4.78 is 5.72. The van der Waals surface area contributed by atoms with E-state index in [1.54, 1.807) is 0 Å². The van der Waals surface area contributed by atoms with Crippen LogP contribution in [0.3, 0.4) is 0 Å². The highest BCUT2D eigenvalue weighted by Gasteiger charge is 2.22. The molecule has 1 unspecified atom stereocenters. The van der Waals surface area contributed by atoms with Gasteiger partial charge in [-0.1, -0.05) is 0 Å².